The molecule has 18 heavy (non-hydrogen) atoms. The zero-order chi connectivity index (χ0) is 12.5. The van der Waals surface area contributed by atoms with Crippen molar-refractivity contribution < 1.29 is 4.79 Å². The summed E-state index contributed by atoms with van der Waals surface area (Å²) in [7, 11) is 0. The molecule has 1 aromatic carbocycles. The molecule has 1 atom stereocenters. The molecule has 1 unspecified atom stereocenters. The van der Waals surface area contributed by atoms with Crippen LogP contribution in [0.5, 0.6) is 0 Å². The summed E-state index contributed by atoms with van der Waals surface area (Å²) in [6.07, 6.45) is 1.08. The maximum absolute atomic E-state index is 11.9. The molecule has 1 aromatic heterocycles. The minimum absolute atomic E-state index is 0.0403. The van der Waals surface area contributed by atoms with E-state index in [0.717, 1.165) is 21.4 Å². The first-order valence-electron chi connectivity index (χ1n) is 5.84. The van der Waals surface area contributed by atoms with Crippen LogP contribution in [0.1, 0.15) is 27.4 Å². The van der Waals surface area contributed by atoms with Crippen LogP contribution in [-0.4, -0.2) is 12.5 Å². The van der Waals surface area contributed by atoms with Gasteiger partial charge in [0.15, 0.2) is 0 Å². The van der Waals surface area contributed by atoms with Crippen LogP contribution in [0, 0.1) is 2.88 Å². The molecule has 2 nitrogen and oxygen atoms in total. The topological polar surface area (TPSA) is 29.1 Å². The second-order valence-corrected chi connectivity index (χ2v) is 7.25. The summed E-state index contributed by atoms with van der Waals surface area (Å²) in [4.78, 5) is 11.9. The van der Waals surface area contributed by atoms with Gasteiger partial charge < -0.3 is 5.32 Å². The van der Waals surface area contributed by atoms with E-state index < -0.39 is 0 Å². The third kappa shape index (κ3) is 2.31. The Morgan fingerprint density at radius 2 is 2.28 bits per heavy atom. The highest BCUT2D eigenvalue weighted by molar-refractivity contribution is 14.1. The Morgan fingerprint density at radius 3 is 3.00 bits per heavy atom. The van der Waals surface area contributed by atoms with Crippen LogP contribution in [0.15, 0.2) is 35.7 Å². The Balaban J connectivity index is 1.59. The number of halogens is 1. The molecular formula is C14H12INOS. The van der Waals surface area contributed by atoms with Crippen LogP contribution in [0.3, 0.4) is 0 Å². The minimum atomic E-state index is 0.0403. The van der Waals surface area contributed by atoms with Crippen molar-refractivity contribution in [2.45, 2.75) is 12.3 Å². The summed E-state index contributed by atoms with van der Waals surface area (Å²) in [6.45, 7) is 0.738. The van der Waals surface area contributed by atoms with Crippen LogP contribution >= 0.6 is 33.9 Å². The second kappa shape index (κ2) is 5.01. The van der Waals surface area contributed by atoms with Gasteiger partial charge in [-0.05, 0) is 46.2 Å². The second-order valence-electron chi connectivity index (χ2n) is 4.45. The first-order chi connectivity index (χ1) is 8.74. The van der Waals surface area contributed by atoms with Crippen molar-refractivity contribution in [2.75, 3.05) is 6.54 Å². The number of rotatable bonds is 3. The summed E-state index contributed by atoms with van der Waals surface area (Å²) >= 11 is 3.83. The number of carbonyl (C=O) groups excluding carboxylic acids is 1. The molecule has 4 heteroatoms. The number of amides is 1. The Hall–Kier alpha value is -0.880. The van der Waals surface area contributed by atoms with E-state index >= 15 is 0 Å². The first-order valence-corrected chi connectivity index (χ1v) is 7.80. The van der Waals surface area contributed by atoms with Crippen LogP contribution < -0.4 is 5.32 Å². The number of hydrogen-bond acceptors (Lipinski definition) is 2. The smallest absolute Gasteiger partial charge is 0.252 e. The Bertz CT molecular complexity index is 593. The van der Waals surface area contributed by atoms with Gasteiger partial charge in [0.05, 0.1) is 8.45 Å². The number of nitrogens with one attached hydrogen (secondary N) is 1. The maximum atomic E-state index is 11.9. The molecule has 92 valence electrons. The van der Waals surface area contributed by atoms with Crippen LogP contribution in [0.4, 0.5) is 0 Å². The Kier molecular flexibility index (Phi) is 3.39. The summed E-state index contributed by atoms with van der Waals surface area (Å²) in [5, 5.41) is 4.93. The van der Waals surface area contributed by atoms with Gasteiger partial charge in [0.2, 0.25) is 0 Å². The standard InChI is InChI=1S/C14H12INOS/c15-13-6-11(8-18-13)14(17)16-7-10-5-9-3-1-2-4-12(9)10/h1-4,6,8,10H,5,7H2,(H,16,17). The monoisotopic (exact) mass is 369 g/mol. The van der Waals surface area contributed by atoms with Crippen LogP contribution in [0.25, 0.3) is 0 Å². The third-order valence-electron chi connectivity index (χ3n) is 3.30. The van der Waals surface area contributed by atoms with Gasteiger partial charge in [-0.25, -0.2) is 0 Å². The SMILES string of the molecule is O=C(NCC1Cc2ccccc21)c1csc(I)c1. The molecule has 1 heterocycles. The average molecular weight is 369 g/mol. The highest BCUT2D eigenvalue weighted by atomic mass is 127. The van der Waals surface area contributed by atoms with Crippen LogP contribution in [-0.2, 0) is 6.42 Å². The van der Waals surface area contributed by atoms with Gasteiger partial charge in [-0.15, -0.1) is 11.3 Å². The molecule has 0 bridgehead atoms. The van der Waals surface area contributed by atoms with Crippen molar-refractivity contribution in [3.05, 3.63) is 55.3 Å². The van der Waals surface area contributed by atoms with Gasteiger partial charge in [-0.1, -0.05) is 24.3 Å². The average Bonchev–Trinajstić information content (AvgIpc) is 2.77. The van der Waals surface area contributed by atoms with E-state index in [1.54, 1.807) is 11.3 Å². The third-order valence-corrected chi connectivity index (χ3v) is 5.09. The summed E-state index contributed by atoms with van der Waals surface area (Å²) in [5.74, 6) is 0.529. The zero-order valence-electron chi connectivity index (χ0n) is 9.65. The predicted octanol–water partition coefficient (Wildman–Crippen LogP) is 3.42. The van der Waals surface area contributed by atoms with Crippen molar-refractivity contribution in [2.24, 2.45) is 0 Å². The quantitative estimate of drug-likeness (QED) is 0.826. The number of hydrogen-bond donors (Lipinski definition) is 1. The highest BCUT2D eigenvalue weighted by Gasteiger charge is 2.25. The lowest BCUT2D eigenvalue weighted by atomic mass is 9.77. The molecule has 2 aromatic rings. The van der Waals surface area contributed by atoms with Gasteiger partial charge in [0, 0.05) is 17.8 Å². The zero-order valence-corrected chi connectivity index (χ0v) is 12.6. The largest absolute Gasteiger partial charge is 0.351 e. The normalized spacial score (nSPS) is 16.8. The number of fused-ring (bicyclic) bond motifs is 1. The van der Waals surface area contributed by atoms with Crippen LogP contribution in [0.2, 0.25) is 0 Å². The van der Waals surface area contributed by atoms with Gasteiger partial charge in [0.25, 0.3) is 5.91 Å². The number of benzene rings is 1. The summed E-state index contributed by atoms with van der Waals surface area (Å²) in [6, 6.07) is 10.4. The van der Waals surface area contributed by atoms with E-state index in [1.807, 2.05) is 11.4 Å². The molecule has 1 aliphatic carbocycles. The van der Waals surface area contributed by atoms with Crippen molar-refractivity contribution in [1.29, 1.82) is 0 Å². The van der Waals surface area contributed by atoms with E-state index in [2.05, 4.69) is 52.2 Å². The van der Waals surface area contributed by atoms with Crippen molar-refractivity contribution in [1.82, 2.24) is 5.32 Å². The van der Waals surface area contributed by atoms with E-state index in [-0.39, 0.29) is 5.91 Å². The molecule has 1 N–H and O–H groups in total. The highest BCUT2D eigenvalue weighted by Crippen LogP contribution is 2.34. The fourth-order valence-corrected chi connectivity index (χ4v) is 3.62. The van der Waals surface area contributed by atoms with E-state index in [0.29, 0.717) is 5.92 Å². The van der Waals surface area contributed by atoms with Crippen molar-refractivity contribution in [3.8, 4) is 0 Å². The lowest BCUT2D eigenvalue weighted by Gasteiger charge is -2.30. The van der Waals surface area contributed by atoms with Gasteiger partial charge in [0.1, 0.15) is 0 Å². The Morgan fingerprint density at radius 1 is 1.44 bits per heavy atom. The van der Waals surface area contributed by atoms with Crippen molar-refractivity contribution >= 4 is 39.8 Å². The Labute approximate surface area is 124 Å². The summed E-state index contributed by atoms with van der Waals surface area (Å²) < 4.78 is 1.15. The molecule has 1 aliphatic rings. The lowest BCUT2D eigenvalue weighted by Crippen LogP contribution is -2.32. The summed E-state index contributed by atoms with van der Waals surface area (Å²) in [5.41, 5.74) is 3.58. The number of carbonyl (C=O) groups is 1. The molecule has 0 saturated heterocycles. The van der Waals surface area contributed by atoms with Gasteiger partial charge >= 0.3 is 0 Å². The first kappa shape index (κ1) is 12.2. The molecule has 0 saturated carbocycles. The fraction of sp³-hybridized carbons (Fsp3) is 0.214. The van der Waals surface area contributed by atoms with Gasteiger partial charge in [-0.3, -0.25) is 4.79 Å². The van der Waals surface area contributed by atoms with Crippen molar-refractivity contribution in [3.63, 3.8) is 0 Å². The molecular weight excluding hydrogens is 357 g/mol. The van der Waals surface area contributed by atoms with E-state index in [9.17, 15) is 4.79 Å². The maximum Gasteiger partial charge on any atom is 0.252 e. The molecule has 3 rings (SSSR count). The fourth-order valence-electron chi connectivity index (χ4n) is 2.29. The molecule has 0 fully saturated rings. The van der Waals surface area contributed by atoms with Gasteiger partial charge in [-0.2, -0.15) is 0 Å². The predicted molar refractivity (Wildman–Crippen MR) is 82.3 cm³/mol. The number of thiophene rings is 1. The lowest BCUT2D eigenvalue weighted by molar-refractivity contribution is 0.0950. The minimum Gasteiger partial charge on any atom is -0.351 e. The van der Waals surface area contributed by atoms with E-state index in [4.69, 9.17) is 0 Å². The van der Waals surface area contributed by atoms with E-state index in [1.165, 1.54) is 11.1 Å². The molecule has 0 spiro atoms. The molecule has 0 radical (unpaired) electrons. The molecule has 0 aliphatic heterocycles. The molecule has 1 amide bonds.